The van der Waals surface area contributed by atoms with Gasteiger partial charge in [0.05, 0.1) is 12.1 Å². The van der Waals surface area contributed by atoms with Crippen LogP contribution in [-0.2, 0) is 0 Å². The number of rotatable bonds is 5. The highest BCUT2D eigenvalue weighted by atomic mass is 32.1. The van der Waals surface area contributed by atoms with Gasteiger partial charge in [-0.2, -0.15) is 0 Å². The van der Waals surface area contributed by atoms with Crippen molar-refractivity contribution >= 4 is 11.3 Å². The Balaban J connectivity index is 1.91. The summed E-state index contributed by atoms with van der Waals surface area (Å²) >= 11 is 1.63. The first-order valence-corrected chi connectivity index (χ1v) is 6.97. The summed E-state index contributed by atoms with van der Waals surface area (Å²) < 4.78 is 13.1. The molecule has 0 radical (unpaired) electrons. The molecule has 0 saturated heterocycles. The van der Waals surface area contributed by atoms with Gasteiger partial charge >= 0.3 is 0 Å². The zero-order valence-corrected chi connectivity index (χ0v) is 11.7. The lowest BCUT2D eigenvalue weighted by atomic mass is 10.1. The molecule has 19 heavy (non-hydrogen) atoms. The van der Waals surface area contributed by atoms with Crippen molar-refractivity contribution in [2.75, 3.05) is 6.54 Å². The number of aliphatic hydroxyl groups is 1. The highest BCUT2D eigenvalue weighted by Crippen LogP contribution is 2.20. The molecule has 5 heteroatoms. The van der Waals surface area contributed by atoms with Crippen molar-refractivity contribution in [2.45, 2.75) is 26.0 Å². The summed E-state index contributed by atoms with van der Waals surface area (Å²) in [5.41, 5.74) is 0.579. The average Bonchev–Trinajstić information content (AvgIpc) is 2.82. The first-order valence-electron chi connectivity index (χ1n) is 6.15. The van der Waals surface area contributed by atoms with Crippen molar-refractivity contribution in [3.63, 3.8) is 0 Å². The van der Waals surface area contributed by atoms with E-state index < -0.39 is 6.10 Å². The molecule has 0 aliphatic carbocycles. The molecule has 0 saturated carbocycles. The van der Waals surface area contributed by atoms with Crippen LogP contribution in [0.1, 0.15) is 34.5 Å². The van der Waals surface area contributed by atoms with Gasteiger partial charge in [0.1, 0.15) is 10.8 Å². The molecule has 1 heterocycles. The van der Waals surface area contributed by atoms with Gasteiger partial charge in [-0.3, -0.25) is 0 Å². The van der Waals surface area contributed by atoms with E-state index in [9.17, 15) is 9.50 Å². The molecule has 0 amide bonds. The molecule has 3 nitrogen and oxygen atoms in total. The zero-order valence-electron chi connectivity index (χ0n) is 10.9. The van der Waals surface area contributed by atoms with Crippen LogP contribution in [0.25, 0.3) is 0 Å². The summed E-state index contributed by atoms with van der Waals surface area (Å²) in [6.07, 6.45) is 1.11. The number of nitrogens with zero attached hydrogens (tertiary/aromatic N) is 1. The van der Waals surface area contributed by atoms with Crippen LogP contribution in [-0.4, -0.2) is 16.6 Å². The molecule has 0 aliphatic rings. The summed E-state index contributed by atoms with van der Waals surface area (Å²) in [5, 5.41) is 14.2. The number of nitrogens with one attached hydrogen (secondary N) is 1. The van der Waals surface area contributed by atoms with Gasteiger partial charge in [0.2, 0.25) is 0 Å². The number of thiazole rings is 1. The average molecular weight is 280 g/mol. The van der Waals surface area contributed by atoms with Crippen molar-refractivity contribution in [3.8, 4) is 0 Å². The standard InChI is InChI=1S/C14H17FN2OS/c1-9-7-17-14(19-9)10(2)16-8-13(18)11-4-3-5-12(15)6-11/h3-7,10,13,16,18H,8H2,1-2H3. The molecule has 2 rings (SSSR count). The van der Waals surface area contributed by atoms with E-state index in [2.05, 4.69) is 10.3 Å². The van der Waals surface area contributed by atoms with Gasteiger partial charge in [-0.15, -0.1) is 11.3 Å². The van der Waals surface area contributed by atoms with Crippen molar-refractivity contribution < 1.29 is 9.50 Å². The number of aliphatic hydroxyl groups excluding tert-OH is 1. The van der Waals surface area contributed by atoms with Crippen LogP contribution in [0.4, 0.5) is 4.39 Å². The SMILES string of the molecule is Cc1cnc(C(C)NCC(O)c2cccc(F)c2)s1. The molecule has 2 atom stereocenters. The maximum absolute atomic E-state index is 13.1. The Kier molecular flexibility index (Phi) is 4.63. The minimum absolute atomic E-state index is 0.0712. The molecule has 1 aromatic carbocycles. The minimum atomic E-state index is -0.723. The molecule has 0 fully saturated rings. The van der Waals surface area contributed by atoms with Gasteiger partial charge in [-0.05, 0) is 31.5 Å². The van der Waals surface area contributed by atoms with Crippen LogP contribution in [0.3, 0.4) is 0 Å². The zero-order chi connectivity index (χ0) is 13.8. The molecule has 0 aliphatic heterocycles. The largest absolute Gasteiger partial charge is 0.387 e. The molecule has 2 unspecified atom stereocenters. The lowest BCUT2D eigenvalue weighted by Crippen LogP contribution is -2.24. The third-order valence-electron chi connectivity index (χ3n) is 2.86. The predicted molar refractivity (Wildman–Crippen MR) is 74.6 cm³/mol. The Labute approximate surface area is 116 Å². The van der Waals surface area contributed by atoms with Crippen molar-refractivity contribution in [1.29, 1.82) is 0 Å². The molecule has 2 N–H and O–H groups in total. The number of hydrogen-bond acceptors (Lipinski definition) is 4. The van der Waals surface area contributed by atoms with Gasteiger partial charge in [-0.25, -0.2) is 9.37 Å². The Morgan fingerprint density at radius 2 is 2.26 bits per heavy atom. The van der Waals surface area contributed by atoms with Gasteiger partial charge in [0, 0.05) is 17.6 Å². The van der Waals surface area contributed by atoms with Gasteiger partial charge in [0.15, 0.2) is 0 Å². The molecular formula is C14H17FN2OS. The Morgan fingerprint density at radius 1 is 1.47 bits per heavy atom. The van der Waals surface area contributed by atoms with Crippen LogP contribution in [0.15, 0.2) is 30.5 Å². The summed E-state index contributed by atoms with van der Waals surface area (Å²) in [7, 11) is 0. The minimum Gasteiger partial charge on any atom is -0.387 e. The lowest BCUT2D eigenvalue weighted by Gasteiger charge is -2.15. The molecule has 1 aromatic heterocycles. The molecule has 2 aromatic rings. The fraction of sp³-hybridized carbons (Fsp3) is 0.357. The van der Waals surface area contributed by atoms with Crippen LogP contribution in [0.2, 0.25) is 0 Å². The van der Waals surface area contributed by atoms with E-state index in [1.807, 2.05) is 20.0 Å². The summed E-state index contributed by atoms with van der Waals surface area (Å²) in [4.78, 5) is 5.46. The number of aromatic nitrogens is 1. The third-order valence-corrected chi connectivity index (χ3v) is 3.96. The second-order valence-corrected chi connectivity index (χ2v) is 5.78. The molecular weight excluding hydrogens is 263 g/mol. The maximum atomic E-state index is 13.1. The summed E-state index contributed by atoms with van der Waals surface area (Å²) in [6, 6.07) is 6.10. The number of halogens is 1. The van der Waals surface area contributed by atoms with E-state index in [0.29, 0.717) is 12.1 Å². The third kappa shape index (κ3) is 3.83. The number of aryl methyl sites for hydroxylation is 1. The number of benzene rings is 1. The molecule has 0 spiro atoms. The fourth-order valence-corrected chi connectivity index (χ4v) is 2.58. The van der Waals surface area contributed by atoms with Gasteiger partial charge < -0.3 is 10.4 Å². The van der Waals surface area contributed by atoms with Crippen LogP contribution >= 0.6 is 11.3 Å². The van der Waals surface area contributed by atoms with Gasteiger partial charge in [0.25, 0.3) is 0 Å². The first-order chi connectivity index (χ1) is 9.06. The second-order valence-electron chi connectivity index (χ2n) is 4.51. The van der Waals surface area contributed by atoms with Crippen LogP contribution in [0.5, 0.6) is 0 Å². The highest BCUT2D eigenvalue weighted by Gasteiger charge is 2.13. The smallest absolute Gasteiger partial charge is 0.123 e. The van der Waals surface area contributed by atoms with E-state index in [4.69, 9.17) is 0 Å². The lowest BCUT2D eigenvalue weighted by molar-refractivity contribution is 0.170. The van der Waals surface area contributed by atoms with Crippen molar-refractivity contribution in [3.05, 3.63) is 51.7 Å². The Bertz CT molecular complexity index is 544. The van der Waals surface area contributed by atoms with E-state index in [1.165, 1.54) is 12.1 Å². The maximum Gasteiger partial charge on any atom is 0.123 e. The highest BCUT2D eigenvalue weighted by molar-refractivity contribution is 7.11. The second kappa shape index (κ2) is 6.23. The first kappa shape index (κ1) is 14.1. The van der Waals surface area contributed by atoms with Crippen molar-refractivity contribution in [2.24, 2.45) is 0 Å². The van der Waals surface area contributed by atoms with E-state index in [1.54, 1.807) is 23.5 Å². The summed E-state index contributed by atoms with van der Waals surface area (Å²) in [5.74, 6) is -0.333. The Hall–Kier alpha value is -1.30. The Morgan fingerprint density at radius 3 is 2.89 bits per heavy atom. The quantitative estimate of drug-likeness (QED) is 0.885. The summed E-state index contributed by atoms with van der Waals surface area (Å²) in [6.45, 7) is 4.37. The van der Waals surface area contributed by atoms with Crippen molar-refractivity contribution in [1.82, 2.24) is 10.3 Å². The predicted octanol–water partition coefficient (Wildman–Crippen LogP) is 2.97. The topological polar surface area (TPSA) is 45.2 Å². The number of hydrogen-bond donors (Lipinski definition) is 2. The fourth-order valence-electron chi connectivity index (χ4n) is 1.78. The van der Waals surface area contributed by atoms with E-state index >= 15 is 0 Å². The monoisotopic (exact) mass is 280 g/mol. The van der Waals surface area contributed by atoms with E-state index in [0.717, 1.165) is 9.88 Å². The normalized spacial score (nSPS) is 14.3. The van der Waals surface area contributed by atoms with Crippen LogP contribution in [0, 0.1) is 12.7 Å². The van der Waals surface area contributed by atoms with Gasteiger partial charge in [-0.1, -0.05) is 12.1 Å². The molecule has 0 bridgehead atoms. The molecule has 102 valence electrons. The van der Waals surface area contributed by atoms with Crippen LogP contribution < -0.4 is 5.32 Å². The van der Waals surface area contributed by atoms with E-state index in [-0.39, 0.29) is 11.9 Å².